The molecule has 0 aliphatic carbocycles. The first-order chi connectivity index (χ1) is 13.2. The van der Waals surface area contributed by atoms with Crippen molar-refractivity contribution in [2.45, 2.75) is 31.6 Å². The number of pyridine rings is 3. The van der Waals surface area contributed by atoms with Gasteiger partial charge in [0.15, 0.2) is 0 Å². The van der Waals surface area contributed by atoms with Crippen LogP contribution in [-0.2, 0) is 17.6 Å². The highest BCUT2D eigenvalue weighted by Gasteiger charge is 2.27. The van der Waals surface area contributed by atoms with Crippen LogP contribution in [0.1, 0.15) is 35.7 Å². The molecule has 1 unspecified atom stereocenters. The maximum absolute atomic E-state index is 11.8. The summed E-state index contributed by atoms with van der Waals surface area (Å²) < 4.78 is 0. The molecule has 3 rings (SSSR count). The lowest BCUT2D eigenvalue weighted by atomic mass is 9.79. The van der Waals surface area contributed by atoms with E-state index in [1.54, 1.807) is 18.6 Å². The summed E-state index contributed by atoms with van der Waals surface area (Å²) in [6, 6.07) is 15.7. The van der Waals surface area contributed by atoms with Crippen LogP contribution in [0.2, 0.25) is 0 Å². The minimum Gasteiger partial charge on any atom is -0.370 e. The van der Waals surface area contributed by atoms with E-state index in [9.17, 15) is 4.79 Å². The first-order valence-corrected chi connectivity index (χ1v) is 9.05. The van der Waals surface area contributed by atoms with Gasteiger partial charge in [-0.25, -0.2) is 0 Å². The highest BCUT2D eigenvalue weighted by Crippen LogP contribution is 2.34. The molecule has 0 fully saturated rings. The Kier molecular flexibility index (Phi) is 6.63. The lowest BCUT2D eigenvalue weighted by Crippen LogP contribution is -2.23. The molecule has 5 nitrogen and oxygen atoms in total. The quantitative estimate of drug-likeness (QED) is 0.636. The first kappa shape index (κ1) is 18.7. The van der Waals surface area contributed by atoms with Gasteiger partial charge in [-0.2, -0.15) is 0 Å². The summed E-state index contributed by atoms with van der Waals surface area (Å²) in [6.07, 6.45) is 9.66. The van der Waals surface area contributed by atoms with Crippen LogP contribution >= 0.6 is 0 Å². The third-order valence-corrected chi connectivity index (χ3v) is 4.53. The molecule has 1 atom stereocenters. The van der Waals surface area contributed by atoms with Gasteiger partial charge in [0.2, 0.25) is 5.91 Å². The summed E-state index contributed by atoms with van der Waals surface area (Å²) in [5.74, 6) is 0.764. The van der Waals surface area contributed by atoms with Crippen LogP contribution in [0.4, 0.5) is 0 Å². The molecule has 0 saturated carbocycles. The van der Waals surface area contributed by atoms with E-state index in [1.165, 1.54) is 0 Å². The Morgan fingerprint density at radius 1 is 0.963 bits per heavy atom. The molecule has 5 heteroatoms. The number of nitrogens with zero attached hydrogens (tertiary/aromatic N) is 3. The van der Waals surface area contributed by atoms with E-state index in [4.69, 9.17) is 5.73 Å². The molecule has 0 aliphatic rings. The minimum absolute atomic E-state index is 0.00612. The van der Waals surface area contributed by atoms with Crippen molar-refractivity contribution in [3.05, 3.63) is 96.2 Å². The van der Waals surface area contributed by atoms with Crippen molar-refractivity contribution in [1.29, 1.82) is 0 Å². The third kappa shape index (κ3) is 5.71. The molecule has 0 aliphatic heterocycles. The van der Waals surface area contributed by atoms with Crippen molar-refractivity contribution >= 4 is 5.91 Å². The smallest absolute Gasteiger partial charge is 0.218 e. The van der Waals surface area contributed by atoms with Crippen molar-refractivity contribution < 1.29 is 4.79 Å². The van der Waals surface area contributed by atoms with Crippen LogP contribution in [0, 0.1) is 5.92 Å². The van der Waals surface area contributed by atoms with E-state index in [1.807, 2.05) is 54.7 Å². The Morgan fingerprint density at radius 3 is 2.41 bits per heavy atom. The van der Waals surface area contributed by atoms with Gasteiger partial charge in [-0.15, -0.1) is 0 Å². The second-order valence-electron chi connectivity index (χ2n) is 6.49. The van der Waals surface area contributed by atoms with E-state index in [0.29, 0.717) is 0 Å². The molecule has 3 aromatic heterocycles. The van der Waals surface area contributed by atoms with Crippen LogP contribution in [-0.4, -0.2) is 20.9 Å². The number of hydrogen-bond donors (Lipinski definition) is 1. The summed E-state index contributed by atoms with van der Waals surface area (Å²) in [4.78, 5) is 24.9. The summed E-state index contributed by atoms with van der Waals surface area (Å²) in [5, 5.41) is 0. The number of carbonyl (C=O) groups is 1. The van der Waals surface area contributed by atoms with E-state index in [0.717, 1.165) is 42.1 Å². The third-order valence-electron chi connectivity index (χ3n) is 4.53. The predicted molar refractivity (Wildman–Crippen MR) is 105 cm³/mol. The second-order valence-corrected chi connectivity index (χ2v) is 6.49. The van der Waals surface area contributed by atoms with Gasteiger partial charge in [0.25, 0.3) is 0 Å². The number of primary amides is 1. The number of aromatic nitrogens is 3. The van der Waals surface area contributed by atoms with Crippen LogP contribution < -0.4 is 5.73 Å². The average molecular weight is 359 g/mol. The highest BCUT2D eigenvalue weighted by atomic mass is 16.1. The molecule has 2 N–H and O–H groups in total. The van der Waals surface area contributed by atoms with Crippen molar-refractivity contribution in [1.82, 2.24) is 15.0 Å². The van der Waals surface area contributed by atoms with Crippen molar-refractivity contribution in [3.63, 3.8) is 0 Å². The van der Waals surface area contributed by atoms with Crippen LogP contribution in [0.5, 0.6) is 0 Å². The van der Waals surface area contributed by atoms with Gasteiger partial charge < -0.3 is 5.73 Å². The van der Waals surface area contributed by atoms with Crippen molar-refractivity contribution in [2.75, 3.05) is 0 Å². The number of aryl methyl sites for hydroxylation is 1. The maximum atomic E-state index is 11.8. The number of amides is 1. The van der Waals surface area contributed by atoms with Gasteiger partial charge >= 0.3 is 0 Å². The highest BCUT2D eigenvalue weighted by molar-refractivity contribution is 5.76. The molecule has 0 bridgehead atoms. The summed E-state index contributed by atoms with van der Waals surface area (Å²) in [7, 11) is 0. The standard InChI is InChI=1S/C22H23N4O/c23-22(27)15-18(9-10-19-7-1-3-12-25-19)20(21-8-2-4-13-26-21)14-17-6-5-11-24-16-17/h1-8,11-13,16,20H,9-10,14-15H2,(H2,23,27). The number of rotatable bonds is 9. The maximum Gasteiger partial charge on any atom is 0.218 e. The number of carbonyl (C=O) groups excluding carboxylic acids is 1. The SMILES string of the molecule is NC(=O)C[C](CCc1ccccn1)C(Cc1cccnc1)c1ccccn1. The van der Waals surface area contributed by atoms with Crippen molar-refractivity contribution in [2.24, 2.45) is 5.73 Å². The fraction of sp³-hybridized carbons (Fsp3) is 0.227. The monoisotopic (exact) mass is 359 g/mol. The van der Waals surface area contributed by atoms with Gasteiger partial charge in [-0.05, 0) is 61.1 Å². The van der Waals surface area contributed by atoms with Gasteiger partial charge in [0.1, 0.15) is 0 Å². The first-order valence-electron chi connectivity index (χ1n) is 9.05. The second kappa shape index (κ2) is 9.57. The molecule has 3 heterocycles. The molecule has 1 radical (unpaired) electrons. The van der Waals surface area contributed by atoms with Gasteiger partial charge in [-0.1, -0.05) is 18.2 Å². The lowest BCUT2D eigenvalue weighted by Gasteiger charge is -2.26. The Bertz CT molecular complexity index is 825. The topological polar surface area (TPSA) is 81.8 Å². The zero-order valence-corrected chi connectivity index (χ0v) is 15.2. The summed E-state index contributed by atoms with van der Waals surface area (Å²) in [6.45, 7) is 0. The van der Waals surface area contributed by atoms with E-state index < -0.39 is 0 Å². The van der Waals surface area contributed by atoms with Crippen molar-refractivity contribution in [3.8, 4) is 0 Å². The molecule has 0 spiro atoms. The molecule has 1 amide bonds. The largest absolute Gasteiger partial charge is 0.370 e. The Hall–Kier alpha value is -3.08. The summed E-state index contributed by atoms with van der Waals surface area (Å²) >= 11 is 0. The van der Waals surface area contributed by atoms with Gasteiger partial charge in [-0.3, -0.25) is 19.7 Å². The average Bonchev–Trinajstić information content (AvgIpc) is 2.71. The van der Waals surface area contributed by atoms with E-state index >= 15 is 0 Å². The minimum atomic E-state index is -0.321. The van der Waals surface area contributed by atoms with Gasteiger partial charge in [0.05, 0.1) is 0 Å². The summed E-state index contributed by atoms with van der Waals surface area (Å²) in [5.41, 5.74) is 8.61. The lowest BCUT2D eigenvalue weighted by molar-refractivity contribution is -0.117. The molecule has 3 aromatic rings. The fourth-order valence-electron chi connectivity index (χ4n) is 3.24. The van der Waals surface area contributed by atoms with Crippen LogP contribution in [0.25, 0.3) is 0 Å². The van der Waals surface area contributed by atoms with E-state index in [-0.39, 0.29) is 18.2 Å². The van der Waals surface area contributed by atoms with Crippen LogP contribution in [0.15, 0.2) is 73.3 Å². The molecular weight excluding hydrogens is 336 g/mol. The Morgan fingerprint density at radius 2 is 1.78 bits per heavy atom. The van der Waals surface area contributed by atoms with E-state index in [2.05, 4.69) is 15.0 Å². The van der Waals surface area contributed by atoms with Gasteiger partial charge in [0, 0.05) is 48.5 Å². The molecule has 0 saturated heterocycles. The fourth-order valence-corrected chi connectivity index (χ4v) is 3.24. The Labute approximate surface area is 159 Å². The molecular formula is C22H23N4O. The number of hydrogen-bond acceptors (Lipinski definition) is 4. The molecule has 137 valence electrons. The predicted octanol–water partition coefficient (Wildman–Crippen LogP) is 3.28. The van der Waals surface area contributed by atoms with Crippen LogP contribution in [0.3, 0.4) is 0 Å². The normalized spacial score (nSPS) is 12.0. The zero-order chi connectivity index (χ0) is 18.9. The zero-order valence-electron chi connectivity index (χ0n) is 15.2. The molecule has 27 heavy (non-hydrogen) atoms. The Balaban J connectivity index is 1.85. The number of nitrogens with two attached hydrogens (primary N) is 1. The molecule has 0 aromatic carbocycles.